The second-order valence-corrected chi connectivity index (χ2v) is 6.05. The first-order chi connectivity index (χ1) is 12.9. The number of aliphatic hydroxyl groups is 1. The zero-order valence-corrected chi connectivity index (χ0v) is 15.6. The Morgan fingerprint density at radius 2 is 1.96 bits per heavy atom. The molecular formula is C20H23FO6. The molecule has 6 nitrogen and oxygen atoms in total. The molecule has 2 aromatic carbocycles. The van der Waals surface area contributed by atoms with Gasteiger partial charge in [0, 0.05) is 13.5 Å². The zero-order valence-electron chi connectivity index (χ0n) is 15.6. The van der Waals surface area contributed by atoms with Gasteiger partial charge in [-0.3, -0.25) is 9.59 Å². The monoisotopic (exact) mass is 378 g/mol. The third-order valence-electron chi connectivity index (χ3n) is 4.22. The maximum Gasteiger partial charge on any atom is 0.313 e. The van der Waals surface area contributed by atoms with Crippen LogP contribution in [0.3, 0.4) is 0 Å². The Hall–Kier alpha value is -2.51. The van der Waals surface area contributed by atoms with Gasteiger partial charge in [-0.15, -0.1) is 0 Å². The number of esters is 1. The Morgan fingerprint density at radius 3 is 2.59 bits per heavy atom. The first-order valence-corrected chi connectivity index (χ1v) is 8.54. The molecule has 0 amide bonds. The predicted molar refractivity (Wildman–Crippen MR) is 97.0 cm³/mol. The number of ketones is 1. The average Bonchev–Trinajstić information content (AvgIpc) is 2.65. The Balaban J connectivity index is 2.48. The number of ether oxygens (including phenoxy) is 3. The molecule has 0 radical (unpaired) electrons. The van der Waals surface area contributed by atoms with Crippen LogP contribution in [0, 0.1) is 5.82 Å². The standard InChI is InChI=1S/C20H23FO6/c1-4-15-17(21)6-5-12-7-14(27-11-25-2)10-16(20(12)15)18(23)8-13(22)9-19(24)26-3/h5-7,10,18,23H,4,8-9,11H2,1-3H3. The maximum absolute atomic E-state index is 14.3. The molecule has 0 fully saturated rings. The lowest BCUT2D eigenvalue weighted by Gasteiger charge is -2.18. The molecule has 1 unspecified atom stereocenters. The Morgan fingerprint density at radius 1 is 1.22 bits per heavy atom. The van der Waals surface area contributed by atoms with Gasteiger partial charge in [0.05, 0.1) is 13.2 Å². The van der Waals surface area contributed by atoms with E-state index in [0.717, 1.165) is 0 Å². The van der Waals surface area contributed by atoms with Crippen LogP contribution in [0.4, 0.5) is 4.39 Å². The minimum atomic E-state index is -1.22. The van der Waals surface area contributed by atoms with Crippen molar-refractivity contribution in [3.8, 4) is 5.75 Å². The molecule has 2 rings (SSSR count). The summed E-state index contributed by atoms with van der Waals surface area (Å²) in [6.45, 7) is 1.82. The van der Waals surface area contributed by atoms with Gasteiger partial charge in [-0.2, -0.15) is 0 Å². The largest absolute Gasteiger partial charge is 0.469 e. The molecule has 1 atom stereocenters. The van der Waals surface area contributed by atoms with Crippen LogP contribution in [0.25, 0.3) is 10.8 Å². The molecule has 0 bridgehead atoms. The molecule has 146 valence electrons. The highest BCUT2D eigenvalue weighted by atomic mass is 19.1. The Labute approximate surface area is 156 Å². The predicted octanol–water partition coefficient (Wildman–Crippen LogP) is 3.08. The highest BCUT2D eigenvalue weighted by molar-refractivity contribution is 5.96. The summed E-state index contributed by atoms with van der Waals surface area (Å²) >= 11 is 0. The average molecular weight is 378 g/mol. The highest BCUT2D eigenvalue weighted by Gasteiger charge is 2.21. The third-order valence-corrected chi connectivity index (χ3v) is 4.22. The molecule has 0 spiro atoms. The van der Waals surface area contributed by atoms with Crippen LogP contribution < -0.4 is 4.74 Å². The molecule has 0 saturated carbocycles. The van der Waals surface area contributed by atoms with Gasteiger partial charge in [0.2, 0.25) is 0 Å². The van der Waals surface area contributed by atoms with E-state index in [1.807, 2.05) is 6.92 Å². The molecule has 0 heterocycles. The summed E-state index contributed by atoms with van der Waals surface area (Å²) in [4.78, 5) is 23.3. The number of halogens is 1. The van der Waals surface area contributed by atoms with Crippen molar-refractivity contribution < 1.29 is 33.3 Å². The summed E-state index contributed by atoms with van der Waals surface area (Å²) in [5.74, 6) is -1.10. The number of hydrogen-bond donors (Lipinski definition) is 1. The number of hydrogen-bond acceptors (Lipinski definition) is 6. The second kappa shape index (κ2) is 9.43. The Kier molecular flexibility index (Phi) is 7.27. The number of benzene rings is 2. The first-order valence-electron chi connectivity index (χ1n) is 8.54. The van der Waals surface area contributed by atoms with E-state index in [2.05, 4.69) is 4.74 Å². The summed E-state index contributed by atoms with van der Waals surface area (Å²) in [7, 11) is 2.67. The van der Waals surface area contributed by atoms with Gasteiger partial charge >= 0.3 is 5.97 Å². The summed E-state index contributed by atoms with van der Waals surface area (Å²) in [6.07, 6.45) is -1.53. The van der Waals surface area contributed by atoms with E-state index in [0.29, 0.717) is 34.1 Å². The minimum Gasteiger partial charge on any atom is -0.469 e. The van der Waals surface area contributed by atoms with Crippen LogP contribution in [0.2, 0.25) is 0 Å². The van der Waals surface area contributed by atoms with Crippen molar-refractivity contribution >= 4 is 22.5 Å². The quantitative estimate of drug-likeness (QED) is 0.410. The molecule has 0 aliphatic heterocycles. The molecule has 0 aromatic heterocycles. The summed E-state index contributed by atoms with van der Waals surface area (Å²) in [5.41, 5.74) is 0.813. The fourth-order valence-electron chi connectivity index (χ4n) is 2.97. The van der Waals surface area contributed by atoms with Gasteiger partial charge in [0.15, 0.2) is 6.79 Å². The lowest BCUT2D eigenvalue weighted by Crippen LogP contribution is -2.13. The zero-order chi connectivity index (χ0) is 20.0. The maximum atomic E-state index is 14.3. The molecule has 27 heavy (non-hydrogen) atoms. The molecular weight excluding hydrogens is 355 g/mol. The number of Topliss-reactive ketones (excluding diaryl/α,β-unsaturated/α-hetero) is 1. The van der Waals surface area contributed by atoms with E-state index in [-0.39, 0.29) is 19.0 Å². The molecule has 0 aliphatic rings. The fourth-order valence-corrected chi connectivity index (χ4v) is 2.97. The number of methoxy groups -OCH3 is 2. The fraction of sp³-hybridized carbons (Fsp3) is 0.400. The van der Waals surface area contributed by atoms with E-state index in [9.17, 15) is 19.1 Å². The van der Waals surface area contributed by atoms with E-state index in [1.54, 1.807) is 18.2 Å². The van der Waals surface area contributed by atoms with Gasteiger partial charge in [-0.25, -0.2) is 4.39 Å². The SMILES string of the molecule is CCc1c(F)ccc2cc(OCOC)cc(C(O)CC(=O)CC(=O)OC)c12. The number of aliphatic hydroxyl groups excluding tert-OH is 1. The van der Waals surface area contributed by atoms with E-state index in [1.165, 1.54) is 20.3 Å². The molecule has 1 N–H and O–H groups in total. The lowest BCUT2D eigenvalue weighted by molar-refractivity contribution is -0.143. The van der Waals surface area contributed by atoms with Crippen molar-refractivity contribution in [2.45, 2.75) is 32.3 Å². The van der Waals surface area contributed by atoms with E-state index < -0.39 is 24.3 Å². The number of fused-ring (bicyclic) bond motifs is 1. The van der Waals surface area contributed by atoms with Crippen molar-refractivity contribution in [3.63, 3.8) is 0 Å². The lowest BCUT2D eigenvalue weighted by atomic mass is 9.92. The minimum absolute atomic E-state index is 0.00411. The second-order valence-electron chi connectivity index (χ2n) is 6.05. The van der Waals surface area contributed by atoms with Crippen LogP contribution >= 0.6 is 0 Å². The number of carbonyl (C=O) groups is 2. The Bertz CT molecular complexity index is 833. The van der Waals surface area contributed by atoms with E-state index >= 15 is 0 Å². The highest BCUT2D eigenvalue weighted by Crippen LogP contribution is 2.35. The van der Waals surface area contributed by atoms with Crippen LogP contribution in [0.1, 0.15) is 37.0 Å². The van der Waals surface area contributed by atoms with Crippen molar-refractivity contribution in [2.24, 2.45) is 0 Å². The van der Waals surface area contributed by atoms with Crippen LogP contribution in [-0.4, -0.2) is 37.9 Å². The van der Waals surface area contributed by atoms with Crippen molar-refractivity contribution in [1.82, 2.24) is 0 Å². The smallest absolute Gasteiger partial charge is 0.313 e. The van der Waals surface area contributed by atoms with Crippen LogP contribution in [0.5, 0.6) is 5.75 Å². The molecule has 7 heteroatoms. The van der Waals surface area contributed by atoms with Gasteiger partial charge in [0.1, 0.15) is 23.8 Å². The first kappa shape index (κ1) is 20.8. The number of aryl methyl sites for hydroxylation is 1. The summed E-state index contributed by atoms with van der Waals surface area (Å²) < 4.78 is 29.1. The summed E-state index contributed by atoms with van der Waals surface area (Å²) in [5, 5.41) is 11.9. The van der Waals surface area contributed by atoms with Crippen LogP contribution in [0.15, 0.2) is 24.3 Å². The molecule has 0 aliphatic carbocycles. The normalized spacial score (nSPS) is 12.0. The topological polar surface area (TPSA) is 82.1 Å². The number of carbonyl (C=O) groups excluding carboxylic acids is 2. The van der Waals surface area contributed by atoms with Gasteiger partial charge in [-0.1, -0.05) is 13.0 Å². The van der Waals surface area contributed by atoms with Gasteiger partial charge in [0.25, 0.3) is 0 Å². The van der Waals surface area contributed by atoms with Gasteiger partial charge in [-0.05, 0) is 46.5 Å². The molecule has 2 aromatic rings. The molecule has 0 saturated heterocycles. The third kappa shape index (κ3) is 5.02. The summed E-state index contributed by atoms with van der Waals surface area (Å²) in [6, 6.07) is 6.24. The van der Waals surface area contributed by atoms with Gasteiger partial charge < -0.3 is 19.3 Å². The number of rotatable bonds is 9. The van der Waals surface area contributed by atoms with Crippen LogP contribution in [-0.2, 0) is 25.5 Å². The van der Waals surface area contributed by atoms with Crippen molar-refractivity contribution in [1.29, 1.82) is 0 Å². The van der Waals surface area contributed by atoms with E-state index in [4.69, 9.17) is 9.47 Å². The van der Waals surface area contributed by atoms with Crippen molar-refractivity contribution in [3.05, 3.63) is 41.2 Å². The van der Waals surface area contributed by atoms with Crippen molar-refractivity contribution in [2.75, 3.05) is 21.0 Å².